The van der Waals surface area contributed by atoms with Crippen LogP contribution in [0.25, 0.3) is 0 Å². The molecule has 4 heteroatoms. The highest BCUT2D eigenvalue weighted by atomic mass is 32.2. The van der Waals surface area contributed by atoms with E-state index in [1.165, 1.54) is 18.6 Å². The van der Waals surface area contributed by atoms with Crippen LogP contribution in [0.15, 0.2) is 0 Å². The van der Waals surface area contributed by atoms with Gasteiger partial charge in [-0.2, -0.15) is 0 Å². The Kier molecular flexibility index (Phi) is 3.11. The first-order valence-electron chi connectivity index (χ1n) is 5.00. The quantitative estimate of drug-likeness (QED) is 0.675. The van der Waals surface area contributed by atoms with Crippen LogP contribution in [-0.2, 0) is 4.79 Å². The molecule has 0 aromatic heterocycles. The van der Waals surface area contributed by atoms with E-state index in [2.05, 4.69) is 10.2 Å². The molecule has 3 nitrogen and oxygen atoms in total. The normalized spacial score (nSPS) is 30.6. The Balaban J connectivity index is 1.97. The van der Waals surface area contributed by atoms with Crippen LogP contribution in [0, 0.1) is 0 Å². The molecule has 0 radical (unpaired) electrons. The van der Waals surface area contributed by atoms with Gasteiger partial charge in [0.15, 0.2) is 0 Å². The molecule has 1 unspecified atom stereocenters. The third-order valence-corrected chi connectivity index (χ3v) is 4.00. The highest BCUT2D eigenvalue weighted by molar-refractivity contribution is 8.00. The second-order valence-electron chi connectivity index (χ2n) is 3.59. The van der Waals surface area contributed by atoms with Crippen molar-refractivity contribution in [2.45, 2.75) is 24.6 Å². The largest absolute Gasteiger partial charge is 0.330 e. The van der Waals surface area contributed by atoms with Gasteiger partial charge in [0.2, 0.25) is 5.91 Å². The van der Waals surface area contributed by atoms with Crippen LogP contribution >= 0.6 is 11.8 Å². The van der Waals surface area contributed by atoms with Crippen molar-refractivity contribution in [1.82, 2.24) is 10.2 Å². The number of carbonyl (C=O) groups is 1. The van der Waals surface area contributed by atoms with Crippen molar-refractivity contribution in [3.05, 3.63) is 0 Å². The average Bonchev–Trinajstić information content (AvgIpc) is 2.56. The number of carbonyl (C=O) groups excluding carboxylic acids is 1. The molecule has 1 N–H and O–H groups in total. The lowest BCUT2D eigenvalue weighted by Crippen LogP contribution is -2.39. The van der Waals surface area contributed by atoms with Gasteiger partial charge in [-0.1, -0.05) is 0 Å². The van der Waals surface area contributed by atoms with E-state index in [-0.39, 0.29) is 5.91 Å². The molecule has 0 saturated carbocycles. The number of rotatable bonds is 1. The number of hydrogen-bond acceptors (Lipinski definition) is 3. The van der Waals surface area contributed by atoms with Crippen LogP contribution in [0.5, 0.6) is 0 Å². The molecule has 2 saturated heterocycles. The second-order valence-corrected chi connectivity index (χ2v) is 4.87. The zero-order chi connectivity index (χ0) is 9.10. The van der Waals surface area contributed by atoms with Gasteiger partial charge in [0, 0.05) is 6.54 Å². The van der Waals surface area contributed by atoms with Crippen molar-refractivity contribution in [2.75, 3.05) is 25.4 Å². The molecular formula is C9H16N2OS. The summed E-state index contributed by atoms with van der Waals surface area (Å²) in [7, 11) is 0. The highest BCUT2D eigenvalue weighted by Gasteiger charge is 2.27. The summed E-state index contributed by atoms with van der Waals surface area (Å²) in [6, 6.07) is 0. The van der Waals surface area contributed by atoms with Crippen LogP contribution in [-0.4, -0.2) is 41.6 Å². The van der Waals surface area contributed by atoms with Gasteiger partial charge in [-0.05, 0) is 31.6 Å². The minimum Gasteiger partial charge on any atom is -0.330 e. The Labute approximate surface area is 83.2 Å². The molecule has 0 bridgehead atoms. The summed E-state index contributed by atoms with van der Waals surface area (Å²) in [4.78, 5) is 13.7. The zero-order valence-electron chi connectivity index (χ0n) is 7.79. The number of thioether (sulfide) groups is 1. The van der Waals surface area contributed by atoms with Gasteiger partial charge >= 0.3 is 0 Å². The van der Waals surface area contributed by atoms with Gasteiger partial charge in [-0.25, -0.2) is 0 Å². The molecule has 0 aliphatic carbocycles. The molecule has 0 aromatic carbocycles. The first-order chi connectivity index (χ1) is 6.38. The minimum atomic E-state index is 0.289. The average molecular weight is 200 g/mol. The molecule has 2 rings (SSSR count). The smallest absolute Gasteiger partial charge is 0.237 e. The topological polar surface area (TPSA) is 32.3 Å². The van der Waals surface area contributed by atoms with E-state index < -0.39 is 0 Å². The first-order valence-corrected chi connectivity index (χ1v) is 6.04. The number of hydrogen-bond donors (Lipinski definition) is 1. The maximum atomic E-state index is 11.7. The summed E-state index contributed by atoms with van der Waals surface area (Å²) in [6.45, 7) is 2.47. The molecule has 13 heavy (non-hydrogen) atoms. The predicted octanol–water partition coefficient (Wildman–Crippen LogP) is 0.661. The maximum absolute atomic E-state index is 11.7. The molecule has 74 valence electrons. The zero-order valence-corrected chi connectivity index (χ0v) is 8.61. The van der Waals surface area contributed by atoms with E-state index >= 15 is 0 Å². The van der Waals surface area contributed by atoms with E-state index in [1.807, 2.05) is 11.8 Å². The predicted molar refractivity (Wildman–Crippen MR) is 54.7 cm³/mol. The minimum absolute atomic E-state index is 0.289. The van der Waals surface area contributed by atoms with Crippen molar-refractivity contribution in [1.29, 1.82) is 0 Å². The fourth-order valence-electron chi connectivity index (χ4n) is 1.91. The summed E-state index contributed by atoms with van der Waals surface area (Å²) in [5, 5.41) is 3.63. The molecule has 2 aliphatic rings. The van der Waals surface area contributed by atoms with Gasteiger partial charge in [-0.15, -0.1) is 11.8 Å². The van der Waals surface area contributed by atoms with Crippen LogP contribution < -0.4 is 5.32 Å². The molecule has 1 atom stereocenters. The van der Waals surface area contributed by atoms with Gasteiger partial charge < -0.3 is 10.2 Å². The van der Waals surface area contributed by atoms with Crippen molar-refractivity contribution in [3.63, 3.8) is 0 Å². The monoisotopic (exact) mass is 200 g/mol. The summed E-state index contributed by atoms with van der Waals surface area (Å²) in [6.07, 6.45) is 3.56. The van der Waals surface area contributed by atoms with Crippen molar-refractivity contribution >= 4 is 17.7 Å². The van der Waals surface area contributed by atoms with Crippen molar-refractivity contribution in [3.8, 4) is 0 Å². The Morgan fingerprint density at radius 3 is 3.15 bits per heavy atom. The van der Waals surface area contributed by atoms with Gasteiger partial charge in [0.25, 0.3) is 0 Å². The van der Waals surface area contributed by atoms with E-state index in [0.717, 1.165) is 19.5 Å². The lowest BCUT2D eigenvalue weighted by atomic mass is 10.3. The van der Waals surface area contributed by atoms with Crippen LogP contribution in [0.1, 0.15) is 19.3 Å². The van der Waals surface area contributed by atoms with Gasteiger partial charge in [0.05, 0.1) is 11.9 Å². The van der Waals surface area contributed by atoms with Crippen molar-refractivity contribution < 1.29 is 4.79 Å². The Bertz CT molecular complexity index is 192. The lowest BCUT2D eigenvalue weighted by molar-refractivity contribution is -0.130. The van der Waals surface area contributed by atoms with E-state index in [4.69, 9.17) is 0 Å². The van der Waals surface area contributed by atoms with Gasteiger partial charge in [0.1, 0.15) is 0 Å². The van der Waals surface area contributed by atoms with Crippen LogP contribution in [0.4, 0.5) is 0 Å². The summed E-state index contributed by atoms with van der Waals surface area (Å²) in [5.41, 5.74) is 0. The fourth-order valence-corrected chi connectivity index (χ4v) is 3.25. The maximum Gasteiger partial charge on any atom is 0.237 e. The molecular weight excluding hydrogens is 184 g/mol. The Hall–Kier alpha value is -0.220. The van der Waals surface area contributed by atoms with E-state index in [1.54, 1.807) is 0 Å². The fraction of sp³-hybridized carbons (Fsp3) is 0.889. The molecule has 2 aliphatic heterocycles. The van der Waals surface area contributed by atoms with Crippen molar-refractivity contribution in [2.24, 2.45) is 0 Å². The van der Waals surface area contributed by atoms with E-state index in [9.17, 15) is 4.79 Å². The third-order valence-electron chi connectivity index (χ3n) is 2.60. The van der Waals surface area contributed by atoms with Gasteiger partial charge in [-0.3, -0.25) is 4.79 Å². The number of nitrogens with one attached hydrogen (secondary N) is 1. The SMILES string of the molecule is O=C1CNCCCN1C1CCCS1. The highest BCUT2D eigenvalue weighted by Crippen LogP contribution is 2.29. The molecule has 1 amide bonds. The standard InChI is InChI=1S/C9H16N2OS/c12-8-7-10-4-2-5-11(8)9-3-1-6-13-9/h9-10H,1-7H2. The van der Waals surface area contributed by atoms with Crippen LogP contribution in [0.3, 0.4) is 0 Å². The summed E-state index contributed by atoms with van der Waals surface area (Å²) in [5.74, 6) is 1.51. The first kappa shape index (κ1) is 9.34. The second kappa shape index (κ2) is 4.33. The third kappa shape index (κ3) is 2.17. The Morgan fingerprint density at radius 2 is 2.38 bits per heavy atom. The molecule has 2 heterocycles. The summed E-state index contributed by atoms with van der Waals surface area (Å²) >= 11 is 1.94. The van der Waals surface area contributed by atoms with Crippen LogP contribution in [0.2, 0.25) is 0 Å². The van der Waals surface area contributed by atoms with E-state index in [0.29, 0.717) is 11.9 Å². The number of amides is 1. The molecule has 0 aromatic rings. The summed E-state index contributed by atoms with van der Waals surface area (Å²) < 4.78 is 0. The molecule has 2 fully saturated rings. The Morgan fingerprint density at radius 1 is 1.46 bits per heavy atom. The lowest BCUT2D eigenvalue weighted by Gasteiger charge is -2.26. The number of nitrogens with zero attached hydrogens (tertiary/aromatic N) is 1. The molecule has 0 spiro atoms.